The van der Waals surface area contributed by atoms with Crippen LogP contribution in [-0.4, -0.2) is 15.7 Å². The summed E-state index contributed by atoms with van der Waals surface area (Å²) in [6, 6.07) is 3.80. The van der Waals surface area contributed by atoms with Crippen LogP contribution in [-0.2, 0) is 0 Å². The molecule has 1 aromatic heterocycles. The van der Waals surface area contributed by atoms with Gasteiger partial charge in [-0.25, -0.2) is 0 Å². The molecule has 1 aromatic rings. The second-order valence-corrected chi connectivity index (χ2v) is 3.47. The van der Waals surface area contributed by atoms with Crippen LogP contribution in [0.25, 0.3) is 0 Å². The van der Waals surface area contributed by atoms with Gasteiger partial charge in [0.15, 0.2) is 0 Å². The molecule has 0 radical (unpaired) electrons. The number of aromatic nitrogens is 2. The highest BCUT2D eigenvalue weighted by Crippen LogP contribution is 2.14. The molecule has 1 N–H and O–H groups in total. The van der Waals surface area contributed by atoms with E-state index in [1.807, 2.05) is 12.1 Å². The van der Waals surface area contributed by atoms with Crippen molar-refractivity contribution < 1.29 is 0 Å². The normalized spacial score (nSPS) is 11.2. The predicted octanol–water partition coefficient (Wildman–Crippen LogP) is 2.08. The van der Waals surface area contributed by atoms with Crippen molar-refractivity contribution in [2.24, 2.45) is 0 Å². The minimum atomic E-state index is 0.0933. The summed E-state index contributed by atoms with van der Waals surface area (Å²) in [6.45, 7) is 6.42. The van der Waals surface area contributed by atoms with E-state index in [0.29, 0.717) is 0 Å². The van der Waals surface area contributed by atoms with Crippen molar-refractivity contribution in [3.05, 3.63) is 18.3 Å². The van der Waals surface area contributed by atoms with E-state index in [4.69, 9.17) is 0 Å². The average molecular weight is 165 g/mol. The summed E-state index contributed by atoms with van der Waals surface area (Å²) < 4.78 is 0. The Bertz CT molecular complexity index is 231. The molecule has 1 rings (SSSR count). The second-order valence-electron chi connectivity index (χ2n) is 3.47. The van der Waals surface area contributed by atoms with Crippen LogP contribution in [0.4, 0.5) is 5.82 Å². The van der Waals surface area contributed by atoms with Gasteiger partial charge in [-0.05, 0) is 32.4 Å². The highest BCUT2D eigenvalue weighted by molar-refractivity contribution is 5.34. The summed E-state index contributed by atoms with van der Waals surface area (Å²) in [5.41, 5.74) is 0.0933. The van der Waals surface area contributed by atoms with Crippen molar-refractivity contribution in [3.8, 4) is 0 Å². The molecular weight excluding hydrogens is 150 g/mol. The molecule has 0 aromatic carbocycles. The van der Waals surface area contributed by atoms with Gasteiger partial charge in [-0.1, -0.05) is 6.92 Å². The van der Waals surface area contributed by atoms with Crippen LogP contribution in [0.2, 0.25) is 0 Å². The van der Waals surface area contributed by atoms with Gasteiger partial charge in [-0.15, -0.1) is 5.10 Å². The lowest BCUT2D eigenvalue weighted by Crippen LogP contribution is -2.30. The summed E-state index contributed by atoms with van der Waals surface area (Å²) in [6.07, 6.45) is 2.73. The summed E-state index contributed by atoms with van der Waals surface area (Å²) in [7, 11) is 0. The van der Waals surface area contributed by atoms with Crippen molar-refractivity contribution in [2.75, 3.05) is 5.32 Å². The average Bonchev–Trinajstić information content (AvgIpc) is 2.06. The Kier molecular flexibility index (Phi) is 2.63. The minimum absolute atomic E-state index is 0.0933. The van der Waals surface area contributed by atoms with Crippen molar-refractivity contribution >= 4 is 5.82 Å². The van der Waals surface area contributed by atoms with Crippen LogP contribution < -0.4 is 5.32 Å². The third-order valence-corrected chi connectivity index (χ3v) is 1.92. The number of nitrogens with zero attached hydrogens (tertiary/aromatic N) is 2. The van der Waals surface area contributed by atoms with E-state index in [-0.39, 0.29) is 5.54 Å². The SMILES string of the molecule is CCC(C)(C)Nc1cccnn1. The molecule has 0 aliphatic carbocycles. The Hall–Kier alpha value is -1.12. The maximum atomic E-state index is 3.95. The lowest BCUT2D eigenvalue weighted by Gasteiger charge is -2.24. The first-order valence-electron chi connectivity index (χ1n) is 4.20. The quantitative estimate of drug-likeness (QED) is 0.745. The Morgan fingerprint density at radius 3 is 2.75 bits per heavy atom. The van der Waals surface area contributed by atoms with Crippen LogP contribution in [0, 0.1) is 0 Å². The molecule has 1 heterocycles. The van der Waals surface area contributed by atoms with E-state index in [1.165, 1.54) is 0 Å². The molecule has 0 aliphatic heterocycles. The highest BCUT2D eigenvalue weighted by atomic mass is 15.2. The molecule has 3 heteroatoms. The molecule has 66 valence electrons. The molecule has 0 atom stereocenters. The van der Waals surface area contributed by atoms with E-state index in [0.717, 1.165) is 12.2 Å². The lowest BCUT2D eigenvalue weighted by atomic mass is 10.0. The summed E-state index contributed by atoms with van der Waals surface area (Å²) in [5, 5.41) is 11.0. The Morgan fingerprint density at radius 2 is 2.25 bits per heavy atom. The maximum Gasteiger partial charge on any atom is 0.149 e. The molecule has 0 unspecified atom stereocenters. The van der Waals surface area contributed by atoms with Crippen LogP contribution in [0.15, 0.2) is 18.3 Å². The van der Waals surface area contributed by atoms with Gasteiger partial charge in [-0.2, -0.15) is 5.10 Å². The van der Waals surface area contributed by atoms with Crippen LogP contribution in [0.3, 0.4) is 0 Å². The fourth-order valence-corrected chi connectivity index (χ4v) is 0.803. The molecule has 0 bridgehead atoms. The molecule has 0 spiro atoms. The lowest BCUT2D eigenvalue weighted by molar-refractivity contribution is 0.544. The minimum Gasteiger partial charge on any atom is -0.364 e. The smallest absolute Gasteiger partial charge is 0.149 e. The molecule has 3 nitrogen and oxygen atoms in total. The molecule has 0 saturated heterocycles. The number of rotatable bonds is 3. The topological polar surface area (TPSA) is 37.8 Å². The van der Waals surface area contributed by atoms with Gasteiger partial charge in [0.05, 0.1) is 0 Å². The van der Waals surface area contributed by atoms with Gasteiger partial charge >= 0.3 is 0 Å². The third kappa shape index (κ3) is 2.49. The zero-order valence-corrected chi connectivity index (χ0v) is 7.83. The van der Waals surface area contributed by atoms with Gasteiger partial charge in [0, 0.05) is 11.7 Å². The molecule has 0 amide bonds. The van der Waals surface area contributed by atoms with Gasteiger partial charge in [0.25, 0.3) is 0 Å². The monoisotopic (exact) mass is 165 g/mol. The Morgan fingerprint density at radius 1 is 1.50 bits per heavy atom. The fraction of sp³-hybridized carbons (Fsp3) is 0.556. The van der Waals surface area contributed by atoms with E-state index < -0.39 is 0 Å². The standard InChI is InChI=1S/C9H15N3/c1-4-9(2,3)11-8-6-5-7-10-12-8/h5-7H,4H2,1-3H3,(H,11,12). The zero-order chi connectivity index (χ0) is 9.03. The van der Waals surface area contributed by atoms with Crippen molar-refractivity contribution in [2.45, 2.75) is 32.7 Å². The zero-order valence-electron chi connectivity index (χ0n) is 7.83. The van der Waals surface area contributed by atoms with Crippen molar-refractivity contribution in [3.63, 3.8) is 0 Å². The second kappa shape index (κ2) is 3.52. The predicted molar refractivity (Wildman–Crippen MR) is 50.0 cm³/mol. The summed E-state index contributed by atoms with van der Waals surface area (Å²) in [5.74, 6) is 0.837. The Balaban J connectivity index is 2.64. The number of anilines is 1. The van der Waals surface area contributed by atoms with Gasteiger partial charge in [0.2, 0.25) is 0 Å². The molecule has 0 aliphatic rings. The van der Waals surface area contributed by atoms with Gasteiger partial charge in [0.1, 0.15) is 5.82 Å². The number of hydrogen-bond donors (Lipinski definition) is 1. The fourth-order valence-electron chi connectivity index (χ4n) is 0.803. The van der Waals surface area contributed by atoms with Crippen LogP contribution >= 0.6 is 0 Å². The molecule has 12 heavy (non-hydrogen) atoms. The van der Waals surface area contributed by atoms with Crippen molar-refractivity contribution in [1.29, 1.82) is 0 Å². The third-order valence-electron chi connectivity index (χ3n) is 1.92. The van der Waals surface area contributed by atoms with Gasteiger partial charge in [-0.3, -0.25) is 0 Å². The van der Waals surface area contributed by atoms with E-state index >= 15 is 0 Å². The number of nitrogens with one attached hydrogen (secondary N) is 1. The summed E-state index contributed by atoms with van der Waals surface area (Å²) in [4.78, 5) is 0. The van der Waals surface area contributed by atoms with Crippen LogP contribution in [0.5, 0.6) is 0 Å². The number of hydrogen-bond acceptors (Lipinski definition) is 3. The van der Waals surface area contributed by atoms with E-state index in [1.54, 1.807) is 6.20 Å². The highest BCUT2D eigenvalue weighted by Gasteiger charge is 2.14. The van der Waals surface area contributed by atoms with Gasteiger partial charge < -0.3 is 5.32 Å². The first-order valence-corrected chi connectivity index (χ1v) is 4.20. The molecule has 0 fully saturated rings. The molecular formula is C9H15N3. The first kappa shape index (κ1) is 8.97. The Labute approximate surface area is 73.2 Å². The first-order chi connectivity index (χ1) is 5.64. The molecule has 0 saturated carbocycles. The van der Waals surface area contributed by atoms with Crippen LogP contribution in [0.1, 0.15) is 27.2 Å². The largest absolute Gasteiger partial charge is 0.364 e. The van der Waals surface area contributed by atoms with Crippen molar-refractivity contribution in [1.82, 2.24) is 10.2 Å². The van der Waals surface area contributed by atoms with E-state index in [2.05, 4.69) is 36.3 Å². The summed E-state index contributed by atoms with van der Waals surface area (Å²) >= 11 is 0. The maximum absolute atomic E-state index is 3.95. The van der Waals surface area contributed by atoms with E-state index in [9.17, 15) is 0 Å².